The highest BCUT2D eigenvalue weighted by molar-refractivity contribution is 7.89. The zero-order valence-corrected chi connectivity index (χ0v) is 17.7. The first kappa shape index (κ1) is 20.4. The summed E-state index contributed by atoms with van der Waals surface area (Å²) in [6.07, 6.45) is 1.92. The molecule has 0 aliphatic carbocycles. The molecule has 8 nitrogen and oxygen atoms in total. The summed E-state index contributed by atoms with van der Waals surface area (Å²) >= 11 is 0. The molecule has 3 aliphatic rings. The molecule has 2 saturated heterocycles. The molecule has 1 amide bonds. The van der Waals surface area contributed by atoms with Gasteiger partial charge in [-0.2, -0.15) is 4.31 Å². The first-order valence-electron chi connectivity index (χ1n) is 10.4. The van der Waals surface area contributed by atoms with Crippen LogP contribution >= 0.6 is 0 Å². The maximum absolute atomic E-state index is 13.0. The van der Waals surface area contributed by atoms with Crippen molar-refractivity contribution in [2.45, 2.75) is 25.8 Å². The van der Waals surface area contributed by atoms with Crippen LogP contribution < -0.4 is 9.47 Å². The van der Waals surface area contributed by atoms with E-state index in [0.29, 0.717) is 45.9 Å². The Bertz CT molecular complexity index is 852. The number of ether oxygens (including phenoxy) is 2. The Hall–Kier alpha value is -1.84. The van der Waals surface area contributed by atoms with Crippen LogP contribution in [0.3, 0.4) is 0 Å². The number of hydrogen-bond acceptors (Lipinski definition) is 6. The van der Waals surface area contributed by atoms with E-state index in [1.807, 2.05) is 23.1 Å². The minimum atomic E-state index is -3.15. The minimum Gasteiger partial charge on any atom is -0.486 e. The molecule has 29 heavy (non-hydrogen) atoms. The molecule has 4 rings (SSSR count). The van der Waals surface area contributed by atoms with Crippen LogP contribution in [-0.4, -0.2) is 86.7 Å². The highest BCUT2D eigenvalue weighted by atomic mass is 32.2. The highest BCUT2D eigenvalue weighted by Crippen LogP contribution is 2.38. The van der Waals surface area contributed by atoms with Crippen LogP contribution in [0.15, 0.2) is 18.2 Å². The van der Waals surface area contributed by atoms with Gasteiger partial charge in [-0.3, -0.25) is 9.69 Å². The van der Waals surface area contributed by atoms with Crippen LogP contribution in [0.25, 0.3) is 0 Å². The van der Waals surface area contributed by atoms with Crippen molar-refractivity contribution < 1.29 is 22.7 Å². The monoisotopic (exact) mass is 423 g/mol. The molecule has 160 valence electrons. The highest BCUT2D eigenvalue weighted by Gasteiger charge is 2.33. The Kier molecular flexibility index (Phi) is 5.98. The van der Waals surface area contributed by atoms with Crippen molar-refractivity contribution >= 4 is 15.9 Å². The van der Waals surface area contributed by atoms with Gasteiger partial charge in [0.05, 0.1) is 18.3 Å². The third-order valence-corrected chi connectivity index (χ3v) is 7.85. The van der Waals surface area contributed by atoms with Gasteiger partial charge in [0.25, 0.3) is 0 Å². The van der Waals surface area contributed by atoms with E-state index in [1.54, 1.807) is 6.92 Å². The Balaban J connectivity index is 1.37. The number of carbonyl (C=O) groups is 1. The van der Waals surface area contributed by atoms with Crippen molar-refractivity contribution in [2.24, 2.45) is 0 Å². The molecule has 0 saturated carbocycles. The minimum absolute atomic E-state index is 0.0556. The lowest BCUT2D eigenvalue weighted by atomic mass is 10.0. The molecular formula is C20H29N3O5S. The lowest BCUT2D eigenvalue weighted by Gasteiger charge is -2.35. The lowest BCUT2D eigenvalue weighted by Crippen LogP contribution is -2.51. The van der Waals surface area contributed by atoms with E-state index in [0.717, 1.165) is 36.4 Å². The van der Waals surface area contributed by atoms with Gasteiger partial charge in [-0.1, -0.05) is 6.07 Å². The molecule has 1 atom stereocenters. The molecule has 1 aromatic carbocycles. The van der Waals surface area contributed by atoms with E-state index in [1.165, 1.54) is 4.31 Å². The van der Waals surface area contributed by atoms with Gasteiger partial charge in [-0.05, 0) is 37.5 Å². The van der Waals surface area contributed by atoms with Crippen LogP contribution in [0.5, 0.6) is 11.5 Å². The quantitative estimate of drug-likeness (QED) is 0.705. The number of benzene rings is 1. The van der Waals surface area contributed by atoms with Crippen molar-refractivity contribution in [3.05, 3.63) is 23.8 Å². The molecule has 0 aromatic heterocycles. The number of carbonyl (C=O) groups excluding carboxylic acids is 1. The maximum atomic E-state index is 13.0. The van der Waals surface area contributed by atoms with Gasteiger partial charge < -0.3 is 14.4 Å². The fraction of sp³-hybridized carbons (Fsp3) is 0.650. The van der Waals surface area contributed by atoms with Gasteiger partial charge in [-0.25, -0.2) is 8.42 Å². The summed E-state index contributed by atoms with van der Waals surface area (Å²) in [5.41, 5.74) is 1.08. The number of sulfonamides is 1. The van der Waals surface area contributed by atoms with E-state index < -0.39 is 10.0 Å². The molecule has 9 heteroatoms. The van der Waals surface area contributed by atoms with Crippen molar-refractivity contribution in [1.29, 1.82) is 0 Å². The number of piperazine rings is 1. The fourth-order valence-electron chi connectivity index (χ4n) is 4.31. The van der Waals surface area contributed by atoms with E-state index in [-0.39, 0.29) is 17.7 Å². The second-order valence-corrected chi connectivity index (χ2v) is 9.98. The molecular weight excluding hydrogens is 394 g/mol. The summed E-state index contributed by atoms with van der Waals surface area (Å²) < 4.78 is 36.8. The predicted octanol–water partition coefficient (Wildman–Crippen LogP) is 1.09. The number of rotatable bonds is 5. The Morgan fingerprint density at radius 1 is 1.07 bits per heavy atom. The Labute approximate surface area is 172 Å². The molecule has 0 bridgehead atoms. The van der Waals surface area contributed by atoms with Gasteiger partial charge in [0.1, 0.15) is 13.2 Å². The summed E-state index contributed by atoms with van der Waals surface area (Å²) in [5.74, 6) is 1.74. The molecule has 1 aromatic rings. The summed E-state index contributed by atoms with van der Waals surface area (Å²) in [5, 5.41) is 0. The van der Waals surface area contributed by atoms with Crippen LogP contribution in [0, 0.1) is 0 Å². The third kappa shape index (κ3) is 4.36. The van der Waals surface area contributed by atoms with E-state index in [9.17, 15) is 13.2 Å². The largest absolute Gasteiger partial charge is 0.486 e. The molecule has 3 aliphatic heterocycles. The molecule has 0 N–H and O–H groups in total. The van der Waals surface area contributed by atoms with Crippen LogP contribution in [0.2, 0.25) is 0 Å². The molecule has 3 heterocycles. The number of hydrogen-bond donors (Lipinski definition) is 0. The number of amides is 1. The lowest BCUT2D eigenvalue weighted by molar-refractivity contribution is -0.133. The number of nitrogens with zero attached hydrogens (tertiary/aromatic N) is 3. The van der Waals surface area contributed by atoms with Crippen LogP contribution in [0.4, 0.5) is 0 Å². The maximum Gasteiger partial charge on any atom is 0.237 e. The third-order valence-electron chi connectivity index (χ3n) is 5.97. The van der Waals surface area contributed by atoms with Gasteiger partial charge in [0, 0.05) is 32.7 Å². The predicted molar refractivity (Wildman–Crippen MR) is 109 cm³/mol. The smallest absolute Gasteiger partial charge is 0.237 e. The van der Waals surface area contributed by atoms with Crippen molar-refractivity contribution in [2.75, 3.05) is 58.2 Å². The standard InChI is InChI=1S/C20H29N3O5S/c1-2-29(25,26)22-10-8-21(9-11-22)15-20(24)23-7-3-4-17(23)16-5-6-18-19(14-16)28-13-12-27-18/h5-6,14,17H,2-4,7-13,15H2,1H3. The van der Waals surface area contributed by atoms with E-state index in [2.05, 4.69) is 4.90 Å². The van der Waals surface area contributed by atoms with Gasteiger partial charge >= 0.3 is 0 Å². The Morgan fingerprint density at radius 3 is 2.52 bits per heavy atom. The number of fused-ring (bicyclic) bond motifs is 1. The zero-order chi connectivity index (χ0) is 20.4. The fourth-order valence-corrected chi connectivity index (χ4v) is 5.39. The molecule has 0 radical (unpaired) electrons. The Morgan fingerprint density at radius 2 is 1.79 bits per heavy atom. The molecule has 2 fully saturated rings. The average Bonchev–Trinajstić information content (AvgIpc) is 3.24. The summed E-state index contributed by atoms with van der Waals surface area (Å²) in [6.45, 7) is 5.95. The van der Waals surface area contributed by atoms with Crippen molar-refractivity contribution in [3.8, 4) is 11.5 Å². The summed E-state index contributed by atoms with van der Waals surface area (Å²) in [6, 6.07) is 6.01. The summed E-state index contributed by atoms with van der Waals surface area (Å²) in [4.78, 5) is 17.0. The molecule has 1 unspecified atom stereocenters. The van der Waals surface area contributed by atoms with Crippen molar-refractivity contribution in [3.63, 3.8) is 0 Å². The summed E-state index contributed by atoms with van der Waals surface area (Å²) in [7, 11) is -3.15. The number of likely N-dealkylation sites (tertiary alicyclic amines) is 1. The first-order valence-corrected chi connectivity index (χ1v) is 12.0. The molecule has 0 spiro atoms. The topological polar surface area (TPSA) is 79.4 Å². The first-order chi connectivity index (χ1) is 14.0. The zero-order valence-electron chi connectivity index (χ0n) is 16.9. The van der Waals surface area contributed by atoms with Crippen LogP contribution in [-0.2, 0) is 14.8 Å². The van der Waals surface area contributed by atoms with Gasteiger partial charge in [0.15, 0.2) is 11.5 Å². The second-order valence-electron chi connectivity index (χ2n) is 7.72. The van der Waals surface area contributed by atoms with Crippen molar-refractivity contribution in [1.82, 2.24) is 14.1 Å². The normalized spacial score (nSPS) is 23.3. The van der Waals surface area contributed by atoms with Crippen LogP contribution in [0.1, 0.15) is 31.4 Å². The second kappa shape index (κ2) is 8.49. The van der Waals surface area contributed by atoms with E-state index >= 15 is 0 Å². The van der Waals surface area contributed by atoms with Gasteiger partial charge in [0.2, 0.25) is 15.9 Å². The average molecular weight is 424 g/mol. The van der Waals surface area contributed by atoms with Gasteiger partial charge in [-0.15, -0.1) is 0 Å². The van der Waals surface area contributed by atoms with E-state index in [4.69, 9.17) is 9.47 Å². The SMILES string of the molecule is CCS(=O)(=O)N1CCN(CC(=O)N2CCCC2c2ccc3c(c2)OCCO3)CC1.